The van der Waals surface area contributed by atoms with E-state index < -0.39 is 41.8 Å². The van der Waals surface area contributed by atoms with E-state index in [1.54, 1.807) is 20.8 Å². The van der Waals surface area contributed by atoms with Gasteiger partial charge in [0.1, 0.15) is 5.60 Å². The molecule has 110 valence electrons. The number of rotatable bonds is 5. The first-order valence-corrected chi connectivity index (χ1v) is 6.04. The second-order valence-corrected chi connectivity index (χ2v) is 5.91. The van der Waals surface area contributed by atoms with Gasteiger partial charge in [-0.2, -0.15) is 0 Å². The summed E-state index contributed by atoms with van der Waals surface area (Å²) in [5, 5.41) is 11.0. The van der Waals surface area contributed by atoms with E-state index in [1.165, 1.54) is 0 Å². The molecule has 1 aliphatic rings. The molecule has 2 N–H and O–H groups in total. The van der Waals surface area contributed by atoms with Gasteiger partial charge in [-0.3, -0.25) is 4.79 Å². The van der Waals surface area contributed by atoms with Gasteiger partial charge in [-0.25, -0.2) is 13.6 Å². The molecule has 1 unspecified atom stereocenters. The minimum Gasteiger partial charge on any atom is -0.481 e. The van der Waals surface area contributed by atoms with Gasteiger partial charge in [0.25, 0.3) is 5.92 Å². The molecule has 0 saturated heterocycles. The van der Waals surface area contributed by atoms with Crippen molar-refractivity contribution in [3.8, 4) is 0 Å². The zero-order valence-electron chi connectivity index (χ0n) is 11.3. The summed E-state index contributed by atoms with van der Waals surface area (Å²) in [5.41, 5.74) is -2.18. The number of alkyl carbamates (subject to hydrolysis) is 1. The van der Waals surface area contributed by atoms with E-state index in [0.29, 0.717) is 0 Å². The highest BCUT2D eigenvalue weighted by Crippen LogP contribution is 2.64. The van der Waals surface area contributed by atoms with Crippen LogP contribution >= 0.6 is 0 Å². The summed E-state index contributed by atoms with van der Waals surface area (Å²) in [6, 6.07) is 0. The molecular formula is C12H19F2NO4. The molecule has 0 radical (unpaired) electrons. The zero-order valence-corrected chi connectivity index (χ0v) is 11.3. The number of hydrogen-bond donors (Lipinski definition) is 2. The third-order valence-corrected chi connectivity index (χ3v) is 2.97. The van der Waals surface area contributed by atoms with E-state index in [4.69, 9.17) is 9.84 Å². The van der Waals surface area contributed by atoms with Gasteiger partial charge in [0, 0.05) is 13.0 Å². The number of hydrogen-bond acceptors (Lipinski definition) is 3. The van der Waals surface area contributed by atoms with Crippen molar-refractivity contribution in [1.82, 2.24) is 5.32 Å². The van der Waals surface area contributed by atoms with Crippen molar-refractivity contribution in [1.29, 1.82) is 0 Å². The first-order valence-electron chi connectivity index (χ1n) is 6.04. The van der Waals surface area contributed by atoms with Gasteiger partial charge in [-0.05, 0) is 27.2 Å². The van der Waals surface area contributed by atoms with Crippen LogP contribution in [0.5, 0.6) is 0 Å². The Bertz CT molecular complexity index is 378. The number of alkyl halides is 2. The molecule has 5 nitrogen and oxygen atoms in total. The van der Waals surface area contributed by atoms with E-state index in [2.05, 4.69) is 5.32 Å². The van der Waals surface area contributed by atoms with Crippen molar-refractivity contribution in [2.24, 2.45) is 5.41 Å². The highest BCUT2D eigenvalue weighted by atomic mass is 19.3. The molecule has 0 spiro atoms. The van der Waals surface area contributed by atoms with Crippen molar-refractivity contribution in [3.05, 3.63) is 0 Å². The van der Waals surface area contributed by atoms with Gasteiger partial charge in [-0.15, -0.1) is 0 Å². The molecule has 1 atom stereocenters. The Balaban J connectivity index is 2.39. The number of carboxylic acid groups (broad SMARTS) is 1. The number of nitrogens with one attached hydrogen (secondary N) is 1. The average Bonchev–Trinajstić information content (AvgIpc) is 2.62. The number of ether oxygens (including phenoxy) is 1. The maximum atomic E-state index is 13.2. The Morgan fingerprint density at radius 1 is 1.37 bits per heavy atom. The molecule has 0 aromatic rings. The highest BCUT2D eigenvalue weighted by molar-refractivity contribution is 5.69. The number of carbonyl (C=O) groups is 2. The first-order chi connectivity index (χ1) is 8.47. The fraction of sp³-hybridized carbons (Fsp3) is 0.833. The summed E-state index contributed by atoms with van der Waals surface area (Å²) in [5.74, 6) is -4.21. The third kappa shape index (κ3) is 4.33. The van der Waals surface area contributed by atoms with Crippen LogP contribution in [0, 0.1) is 5.41 Å². The Labute approximate surface area is 110 Å². The zero-order chi connectivity index (χ0) is 14.9. The maximum Gasteiger partial charge on any atom is 0.407 e. The second-order valence-electron chi connectivity index (χ2n) is 5.91. The number of carbonyl (C=O) groups excluding carboxylic acids is 1. The van der Waals surface area contributed by atoms with E-state index in [0.717, 1.165) is 0 Å². The number of halogens is 2. The van der Waals surface area contributed by atoms with Crippen LogP contribution < -0.4 is 5.32 Å². The Morgan fingerprint density at radius 3 is 2.26 bits per heavy atom. The number of amides is 1. The molecular weight excluding hydrogens is 260 g/mol. The summed E-state index contributed by atoms with van der Waals surface area (Å²) < 4.78 is 31.4. The largest absolute Gasteiger partial charge is 0.481 e. The fourth-order valence-electron chi connectivity index (χ4n) is 1.94. The lowest BCUT2D eigenvalue weighted by atomic mass is 9.97. The van der Waals surface area contributed by atoms with E-state index >= 15 is 0 Å². The van der Waals surface area contributed by atoms with Crippen molar-refractivity contribution in [3.63, 3.8) is 0 Å². The molecule has 1 amide bonds. The van der Waals surface area contributed by atoms with Crippen LogP contribution in [0.1, 0.15) is 40.0 Å². The minimum absolute atomic E-state index is 0.0300. The van der Waals surface area contributed by atoms with Crippen LogP contribution in [0.2, 0.25) is 0 Å². The molecule has 19 heavy (non-hydrogen) atoms. The molecule has 0 heterocycles. The summed E-state index contributed by atoms with van der Waals surface area (Å²) in [6.07, 6.45) is -1.80. The van der Waals surface area contributed by atoms with Crippen LogP contribution in [0.4, 0.5) is 13.6 Å². The quantitative estimate of drug-likeness (QED) is 0.810. The molecule has 0 aromatic heterocycles. The summed E-state index contributed by atoms with van der Waals surface area (Å²) in [4.78, 5) is 21.9. The SMILES string of the molecule is CC(C)(C)OC(=O)NCCC1(CC(=O)O)CC1(F)F. The monoisotopic (exact) mass is 279 g/mol. The average molecular weight is 279 g/mol. The maximum absolute atomic E-state index is 13.2. The highest BCUT2D eigenvalue weighted by Gasteiger charge is 2.70. The van der Waals surface area contributed by atoms with Gasteiger partial charge in [0.05, 0.1) is 11.8 Å². The molecule has 1 fully saturated rings. The lowest BCUT2D eigenvalue weighted by Crippen LogP contribution is -2.34. The molecule has 1 aliphatic carbocycles. The van der Waals surface area contributed by atoms with E-state index in [1.807, 2.05) is 0 Å². The summed E-state index contributed by atoms with van der Waals surface area (Å²) in [7, 11) is 0. The number of carboxylic acids is 1. The van der Waals surface area contributed by atoms with Crippen LogP contribution in [0.25, 0.3) is 0 Å². The molecule has 1 saturated carbocycles. The van der Waals surface area contributed by atoms with Crippen LogP contribution in [-0.2, 0) is 9.53 Å². The molecule has 0 bridgehead atoms. The van der Waals surface area contributed by atoms with Crippen molar-refractivity contribution >= 4 is 12.1 Å². The smallest absolute Gasteiger partial charge is 0.407 e. The fourth-order valence-corrected chi connectivity index (χ4v) is 1.94. The normalized spacial score (nSPS) is 24.7. The van der Waals surface area contributed by atoms with Crippen molar-refractivity contribution in [2.45, 2.75) is 51.6 Å². The summed E-state index contributed by atoms with van der Waals surface area (Å²) >= 11 is 0. The van der Waals surface area contributed by atoms with Gasteiger partial charge in [0.2, 0.25) is 0 Å². The topological polar surface area (TPSA) is 75.6 Å². The van der Waals surface area contributed by atoms with Gasteiger partial charge < -0.3 is 15.2 Å². The summed E-state index contributed by atoms with van der Waals surface area (Å²) in [6.45, 7) is 5.03. The lowest BCUT2D eigenvalue weighted by Gasteiger charge is -2.20. The van der Waals surface area contributed by atoms with Gasteiger partial charge in [-0.1, -0.05) is 0 Å². The molecule has 0 aromatic carbocycles. The third-order valence-electron chi connectivity index (χ3n) is 2.97. The number of aliphatic carboxylic acids is 1. The van der Waals surface area contributed by atoms with Crippen molar-refractivity contribution in [2.75, 3.05) is 6.54 Å². The van der Waals surface area contributed by atoms with Crippen molar-refractivity contribution < 1.29 is 28.2 Å². The predicted molar refractivity (Wildman–Crippen MR) is 63.1 cm³/mol. The predicted octanol–water partition coefficient (Wildman–Crippen LogP) is 2.40. The van der Waals surface area contributed by atoms with Crippen LogP contribution in [0.15, 0.2) is 0 Å². The first kappa shape index (κ1) is 15.7. The minimum atomic E-state index is -2.96. The molecule has 0 aliphatic heterocycles. The van der Waals surface area contributed by atoms with Crippen LogP contribution in [0.3, 0.4) is 0 Å². The molecule has 7 heteroatoms. The van der Waals surface area contributed by atoms with E-state index in [9.17, 15) is 18.4 Å². The van der Waals surface area contributed by atoms with Gasteiger partial charge >= 0.3 is 12.1 Å². The Hall–Kier alpha value is -1.40. The Morgan fingerprint density at radius 2 is 1.89 bits per heavy atom. The van der Waals surface area contributed by atoms with Gasteiger partial charge in [0.15, 0.2) is 0 Å². The second kappa shape index (κ2) is 4.94. The van der Waals surface area contributed by atoms with Crippen LogP contribution in [-0.4, -0.2) is 35.2 Å². The Kier molecular flexibility index (Phi) is 4.07. The van der Waals surface area contributed by atoms with E-state index in [-0.39, 0.29) is 13.0 Å². The molecule has 1 rings (SSSR count). The lowest BCUT2D eigenvalue weighted by molar-refractivity contribution is -0.139. The standard InChI is InChI=1S/C12H19F2NO4/c1-10(2,3)19-9(18)15-5-4-11(6-8(16)17)7-12(11,13)14/h4-7H2,1-3H3,(H,15,18)(H,16,17).